The second kappa shape index (κ2) is 7.84. The zero-order valence-corrected chi connectivity index (χ0v) is 20.0. The minimum atomic E-state index is 0.543. The SMILES string of the molecule is Cc1ccccc1-n1c(-c2c(C)ccc3c2oc2nc(CC(C)C)ccc23)nc2ccccc21. The Morgan fingerprint density at radius 3 is 2.38 bits per heavy atom. The first-order valence-corrected chi connectivity index (χ1v) is 11.9. The van der Waals surface area contributed by atoms with E-state index in [1.165, 1.54) is 5.56 Å². The number of imidazole rings is 1. The number of hydrogen-bond donors (Lipinski definition) is 0. The summed E-state index contributed by atoms with van der Waals surface area (Å²) in [5, 5.41) is 2.12. The summed E-state index contributed by atoms with van der Waals surface area (Å²) in [6, 6.07) is 25.3. The van der Waals surface area contributed by atoms with E-state index in [4.69, 9.17) is 14.4 Å². The maximum Gasteiger partial charge on any atom is 0.227 e. The molecule has 3 heterocycles. The molecule has 0 aliphatic heterocycles. The predicted octanol–water partition coefficient (Wildman–Crippen LogP) is 7.80. The monoisotopic (exact) mass is 445 g/mol. The summed E-state index contributed by atoms with van der Waals surface area (Å²) < 4.78 is 8.75. The molecule has 0 spiro atoms. The smallest absolute Gasteiger partial charge is 0.227 e. The summed E-state index contributed by atoms with van der Waals surface area (Å²) in [6.45, 7) is 8.69. The van der Waals surface area contributed by atoms with Gasteiger partial charge in [-0.25, -0.2) is 9.97 Å². The van der Waals surface area contributed by atoms with E-state index in [1.807, 2.05) is 6.07 Å². The lowest BCUT2D eigenvalue weighted by atomic mass is 10.0. The highest BCUT2D eigenvalue weighted by molar-refractivity contribution is 6.09. The van der Waals surface area contributed by atoms with E-state index in [9.17, 15) is 0 Å². The number of pyridine rings is 1. The van der Waals surface area contributed by atoms with Gasteiger partial charge in [0.2, 0.25) is 5.71 Å². The molecule has 0 fully saturated rings. The molecule has 0 bridgehead atoms. The van der Waals surface area contributed by atoms with Gasteiger partial charge < -0.3 is 4.42 Å². The average molecular weight is 446 g/mol. The van der Waals surface area contributed by atoms with Gasteiger partial charge in [0.05, 0.1) is 22.3 Å². The Morgan fingerprint density at radius 2 is 1.56 bits per heavy atom. The third-order valence-corrected chi connectivity index (χ3v) is 6.53. The van der Waals surface area contributed by atoms with Gasteiger partial charge in [0, 0.05) is 16.5 Å². The average Bonchev–Trinajstić information content (AvgIpc) is 3.37. The molecule has 0 aliphatic carbocycles. The van der Waals surface area contributed by atoms with E-state index >= 15 is 0 Å². The summed E-state index contributed by atoms with van der Waals surface area (Å²) in [7, 11) is 0. The molecular formula is C30H27N3O. The number of rotatable bonds is 4. The van der Waals surface area contributed by atoms with Gasteiger partial charge in [0.15, 0.2) is 0 Å². The van der Waals surface area contributed by atoms with Crippen LogP contribution in [-0.4, -0.2) is 14.5 Å². The van der Waals surface area contributed by atoms with Crippen molar-refractivity contribution in [3.63, 3.8) is 0 Å². The highest BCUT2D eigenvalue weighted by Crippen LogP contribution is 2.39. The van der Waals surface area contributed by atoms with Gasteiger partial charge in [0.1, 0.15) is 11.4 Å². The van der Waals surface area contributed by atoms with E-state index < -0.39 is 0 Å². The molecule has 0 atom stereocenters. The van der Waals surface area contributed by atoms with Crippen LogP contribution >= 0.6 is 0 Å². The molecule has 6 rings (SSSR count). The van der Waals surface area contributed by atoms with Crippen molar-refractivity contribution in [2.75, 3.05) is 0 Å². The van der Waals surface area contributed by atoms with Gasteiger partial charge in [-0.05, 0) is 67.6 Å². The number of benzene rings is 3. The summed E-state index contributed by atoms with van der Waals surface area (Å²) in [5.74, 6) is 1.43. The van der Waals surface area contributed by atoms with Crippen LogP contribution in [0.2, 0.25) is 0 Å². The normalized spacial score (nSPS) is 11.9. The molecule has 0 saturated carbocycles. The van der Waals surface area contributed by atoms with E-state index in [1.54, 1.807) is 0 Å². The first-order chi connectivity index (χ1) is 16.5. The summed E-state index contributed by atoms with van der Waals surface area (Å²) in [4.78, 5) is 9.98. The molecule has 0 amide bonds. The fourth-order valence-corrected chi connectivity index (χ4v) is 4.92. The van der Waals surface area contributed by atoms with Crippen molar-refractivity contribution in [2.45, 2.75) is 34.1 Å². The number of nitrogens with zero attached hydrogens (tertiary/aromatic N) is 3. The predicted molar refractivity (Wildman–Crippen MR) is 140 cm³/mol. The third kappa shape index (κ3) is 3.21. The van der Waals surface area contributed by atoms with E-state index in [-0.39, 0.29) is 0 Å². The molecule has 3 aromatic carbocycles. The zero-order valence-electron chi connectivity index (χ0n) is 20.0. The number of hydrogen-bond acceptors (Lipinski definition) is 3. The summed E-state index contributed by atoms with van der Waals surface area (Å²) in [5.41, 5.74) is 9.10. The lowest BCUT2D eigenvalue weighted by Gasteiger charge is -2.14. The van der Waals surface area contributed by atoms with Crippen LogP contribution in [0.4, 0.5) is 0 Å². The fraction of sp³-hybridized carbons (Fsp3) is 0.200. The number of para-hydroxylation sites is 3. The van der Waals surface area contributed by atoms with E-state index in [0.717, 1.165) is 62.1 Å². The minimum Gasteiger partial charge on any atom is -0.437 e. The molecule has 3 aromatic heterocycles. The van der Waals surface area contributed by atoms with Gasteiger partial charge in [-0.1, -0.05) is 56.3 Å². The Labute approximate surface area is 198 Å². The quantitative estimate of drug-likeness (QED) is 0.278. The summed E-state index contributed by atoms with van der Waals surface area (Å²) in [6.07, 6.45) is 0.932. The molecule has 0 N–H and O–H groups in total. The fourth-order valence-electron chi connectivity index (χ4n) is 4.92. The van der Waals surface area contributed by atoms with Crippen LogP contribution in [0, 0.1) is 19.8 Å². The van der Waals surface area contributed by atoms with Crippen molar-refractivity contribution in [3.05, 3.63) is 89.6 Å². The van der Waals surface area contributed by atoms with Gasteiger partial charge >= 0.3 is 0 Å². The van der Waals surface area contributed by atoms with Gasteiger partial charge in [-0.15, -0.1) is 0 Å². The largest absolute Gasteiger partial charge is 0.437 e. The Balaban J connectivity index is 1.69. The van der Waals surface area contributed by atoms with Crippen molar-refractivity contribution in [3.8, 4) is 17.1 Å². The number of furan rings is 1. The van der Waals surface area contributed by atoms with Crippen LogP contribution in [0.1, 0.15) is 30.7 Å². The van der Waals surface area contributed by atoms with Gasteiger partial charge in [0.25, 0.3) is 0 Å². The van der Waals surface area contributed by atoms with Crippen molar-refractivity contribution >= 4 is 33.1 Å². The van der Waals surface area contributed by atoms with Crippen molar-refractivity contribution in [1.29, 1.82) is 0 Å². The molecule has 168 valence electrons. The van der Waals surface area contributed by atoms with Crippen LogP contribution in [-0.2, 0) is 6.42 Å². The second-order valence-electron chi connectivity index (χ2n) is 9.54. The minimum absolute atomic E-state index is 0.543. The Hall–Kier alpha value is -3.92. The number of fused-ring (bicyclic) bond motifs is 4. The maximum atomic E-state index is 6.49. The van der Waals surface area contributed by atoms with Crippen LogP contribution in [0.15, 0.2) is 77.2 Å². The molecule has 4 nitrogen and oxygen atoms in total. The van der Waals surface area contributed by atoms with Gasteiger partial charge in [-0.2, -0.15) is 0 Å². The van der Waals surface area contributed by atoms with Crippen LogP contribution < -0.4 is 0 Å². The standard InChI is InChI=1S/C30H27N3O/c1-18(2)17-21-14-16-23-22-15-13-20(4)27(28(22)34-30(23)31-21)29-32-24-10-6-8-12-26(24)33(29)25-11-7-5-9-19(25)3/h5-16,18H,17H2,1-4H3. The van der Waals surface area contributed by atoms with Crippen molar-refractivity contribution in [1.82, 2.24) is 14.5 Å². The van der Waals surface area contributed by atoms with E-state index in [2.05, 4.69) is 99.0 Å². The lowest BCUT2D eigenvalue weighted by molar-refractivity contribution is 0.621. The van der Waals surface area contributed by atoms with Crippen LogP contribution in [0.5, 0.6) is 0 Å². The molecule has 0 saturated heterocycles. The molecular weight excluding hydrogens is 418 g/mol. The van der Waals surface area contributed by atoms with Crippen molar-refractivity contribution in [2.24, 2.45) is 5.92 Å². The van der Waals surface area contributed by atoms with E-state index in [0.29, 0.717) is 11.6 Å². The molecule has 0 radical (unpaired) electrons. The Morgan fingerprint density at radius 1 is 0.794 bits per heavy atom. The topological polar surface area (TPSA) is 43.9 Å². The summed E-state index contributed by atoms with van der Waals surface area (Å²) >= 11 is 0. The Kier molecular flexibility index (Phi) is 4.77. The molecule has 4 heteroatoms. The zero-order chi connectivity index (χ0) is 23.4. The molecule has 0 aliphatic rings. The van der Waals surface area contributed by atoms with Crippen LogP contribution in [0.3, 0.4) is 0 Å². The second-order valence-corrected chi connectivity index (χ2v) is 9.54. The molecule has 34 heavy (non-hydrogen) atoms. The lowest BCUT2D eigenvalue weighted by Crippen LogP contribution is -2.01. The van der Waals surface area contributed by atoms with Crippen LogP contribution in [0.25, 0.3) is 50.2 Å². The molecule has 6 aromatic rings. The third-order valence-electron chi connectivity index (χ3n) is 6.53. The highest BCUT2D eigenvalue weighted by atomic mass is 16.3. The Bertz CT molecular complexity index is 1690. The number of aryl methyl sites for hydroxylation is 2. The number of aromatic nitrogens is 3. The highest BCUT2D eigenvalue weighted by Gasteiger charge is 2.22. The first-order valence-electron chi connectivity index (χ1n) is 11.9. The molecule has 0 unspecified atom stereocenters. The maximum absolute atomic E-state index is 6.49. The van der Waals surface area contributed by atoms with Gasteiger partial charge in [-0.3, -0.25) is 4.57 Å². The van der Waals surface area contributed by atoms with Crippen molar-refractivity contribution < 1.29 is 4.42 Å². The first kappa shape index (κ1) is 20.7.